The van der Waals surface area contributed by atoms with Gasteiger partial charge in [0, 0.05) is 23.5 Å². The summed E-state index contributed by atoms with van der Waals surface area (Å²) in [5.74, 6) is 1.31. The van der Waals surface area contributed by atoms with Crippen molar-refractivity contribution in [2.45, 2.75) is 19.9 Å². The molecule has 1 atom stereocenters. The largest absolute Gasteiger partial charge is 0.493 e. The highest BCUT2D eigenvalue weighted by atomic mass is 32.1. The molecule has 0 spiro atoms. The number of aryl methyl sites for hydroxylation is 1. The van der Waals surface area contributed by atoms with E-state index in [-0.39, 0.29) is 11.9 Å². The van der Waals surface area contributed by atoms with Crippen molar-refractivity contribution in [3.63, 3.8) is 0 Å². The average molecular weight is 473 g/mol. The number of carbonyl (C=O) groups excluding carboxylic acids is 1. The van der Waals surface area contributed by atoms with Gasteiger partial charge in [-0.05, 0) is 48.6 Å². The number of hydrogen-bond donors (Lipinski definition) is 1. The van der Waals surface area contributed by atoms with Crippen LogP contribution in [-0.4, -0.2) is 51.3 Å². The van der Waals surface area contributed by atoms with Gasteiger partial charge in [-0.3, -0.25) is 9.69 Å². The lowest BCUT2D eigenvalue weighted by Crippen LogP contribution is -2.40. The van der Waals surface area contributed by atoms with Crippen molar-refractivity contribution in [2.75, 3.05) is 45.8 Å². The van der Waals surface area contributed by atoms with Gasteiger partial charge >= 0.3 is 0 Å². The Morgan fingerprint density at radius 3 is 2.53 bits per heavy atom. The highest BCUT2D eigenvalue weighted by Crippen LogP contribution is 2.44. The molecule has 32 heavy (non-hydrogen) atoms. The number of thiophene rings is 2. The van der Waals surface area contributed by atoms with Crippen molar-refractivity contribution in [1.82, 2.24) is 4.90 Å². The van der Waals surface area contributed by atoms with Crippen molar-refractivity contribution in [3.05, 3.63) is 62.2 Å². The third-order valence-electron chi connectivity index (χ3n) is 5.81. The molecule has 3 heterocycles. The minimum absolute atomic E-state index is 0.0395. The van der Waals surface area contributed by atoms with Crippen LogP contribution in [0.2, 0.25) is 0 Å². The molecular weight excluding hydrogens is 444 g/mol. The lowest BCUT2D eigenvalue weighted by molar-refractivity contribution is 0.0240. The highest BCUT2D eigenvalue weighted by Gasteiger charge is 2.31. The van der Waals surface area contributed by atoms with Crippen LogP contribution >= 0.6 is 22.7 Å². The molecule has 1 aliphatic heterocycles. The lowest BCUT2D eigenvalue weighted by atomic mass is 9.94. The van der Waals surface area contributed by atoms with Crippen molar-refractivity contribution < 1.29 is 19.0 Å². The first-order chi connectivity index (χ1) is 15.5. The first-order valence-corrected chi connectivity index (χ1v) is 12.2. The number of anilines is 1. The molecule has 1 aromatic carbocycles. The molecule has 4 rings (SSSR count). The minimum Gasteiger partial charge on any atom is -0.493 e. The SMILES string of the molecule is COc1ccc(C(c2c(NC(=O)c3cccs3)sc(C)c2C)N2CCOCC2)cc1OC. The van der Waals surface area contributed by atoms with Gasteiger partial charge in [0.1, 0.15) is 5.00 Å². The summed E-state index contributed by atoms with van der Waals surface area (Å²) in [5, 5.41) is 6.00. The molecule has 0 saturated carbocycles. The van der Waals surface area contributed by atoms with E-state index in [2.05, 4.69) is 30.1 Å². The Kier molecular flexibility index (Phi) is 7.15. The summed E-state index contributed by atoms with van der Waals surface area (Å²) in [5.41, 5.74) is 3.42. The van der Waals surface area contributed by atoms with E-state index >= 15 is 0 Å². The van der Waals surface area contributed by atoms with E-state index in [0.717, 1.165) is 29.2 Å². The van der Waals surface area contributed by atoms with Crippen molar-refractivity contribution in [3.8, 4) is 11.5 Å². The average Bonchev–Trinajstić information content (AvgIpc) is 3.45. The molecule has 0 radical (unpaired) electrons. The fraction of sp³-hybridized carbons (Fsp3) is 0.375. The van der Waals surface area contributed by atoms with Crippen molar-refractivity contribution in [1.29, 1.82) is 0 Å². The molecule has 2 aromatic heterocycles. The Hall–Kier alpha value is -2.39. The number of amides is 1. The van der Waals surface area contributed by atoms with Crippen LogP contribution < -0.4 is 14.8 Å². The van der Waals surface area contributed by atoms with Gasteiger partial charge in [0.2, 0.25) is 0 Å². The molecule has 6 nitrogen and oxygen atoms in total. The van der Waals surface area contributed by atoms with Gasteiger partial charge < -0.3 is 19.5 Å². The zero-order valence-corrected chi connectivity index (χ0v) is 20.4. The summed E-state index contributed by atoms with van der Waals surface area (Å²) in [6.45, 7) is 7.23. The minimum atomic E-state index is -0.0736. The van der Waals surface area contributed by atoms with Gasteiger partial charge in [-0.1, -0.05) is 12.1 Å². The standard InChI is InChI=1S/C24H28N2O4S2/c1-15-16(2)32-24(25-23(27)20-6-5-13-31-20)21(15)22(26-9-11-30-12-10-26)17-7-8-18(28-3)19(14-17)29-4/h5-8,13-14,22H,9-12H2,1-4H3,(H,25,27). The van der Waals surface area contributed by atoms with Crippen LogP contribution in [0.4, 0.5) is 5.00 Å². The van der Waals surface area contributed by atoms with Crippen LogP contribution in [0.5, 0.6) is 11.5 Å². The maximum atomic E-state index is 12.9. The second-order valence-electron chi connectivity index (χ2n) is 7.62. The number of nitrogens with one attached hydrogen (secondary N) is 1. The van der Waals surface area contributed by atoms with Crippen LogP contribution in [0.1, 0.15) is 37.3 Å². The molecule has 3 aromatic rings. The number of benzene rings is 1. The summed E-state index contributed by atoms with van der Waals surface area (Å²) in [4.78, 5) is 17.2. The Balaban J connectivity index is 1.80. The molecule has 1 unspecified atom stereocenters. The summed E-state index contributed by atoms with van der Waals surface area (Å²) >= 11 is 3.07. The molecule has 0 bridgehead atoms. The van der Waals surface area contributed by atoms with E-state index in [1.54, 1.807) is 25.6 Å². The number of nitrogens with zero attached hydrogens (tertiary/aromatic N) is 1. The second kappa shape index (κ2) is 10.0. The first-order valence-electron chi connectivity index (χ1n) is 10.5. The molecule has 8 heteroatoms. The van der Waals surface area contributed by atoms with Gasteiger partial charge in [0.25, 0.3) is 5.91 Å². The third-order valence-corrected chi connectivity index (χ3v) is 7.82. The van der Waals surface area contributed by atoms with E-state index in [1.807, 2.05) is 29.6 Å². The van der Waals surface area contributed by atoms with E-state index in [4.69, 9.17) is 14.2 Å². The normalized spacial score (nSPS) is 15.4. The quantitative estimate of drug-likeness (QED) is 0.517. The molecule has 1 saturated heterocycles. The Morgan fingerprint density at radius 2 is 1.88 bits per heavy atom. The zero-order chi connectivity index (χ0) is 22.7. The maximum absolute atomic E-state index is 12.9. The van der Waals surface area contributed by atoms with Gasteiger partial charge in [-0.2, -0.15) is 0 Å². The number of hydrogen-bond acceptors (Lipinski definition) is 7. The van der Waals surface area contributed by atoms with Crippen molar-refractivity contribution >= 4 is 33.6 Å². The summed E-state index contributed by atoms with van der Waals surface area (Å²) in [6, 6.07) is 9.77. The van der Waals surface area contributed by atoms with E-state index in [1.165, 1.54) is 21.8 Å². The summed E-state index contributed by atoms with van der Waals surface area (Å²) in [7, 11) is 3.29. The van der Waals surface area contributed by atoms with Crippen LogP contribution in [0.25, 0.3) is 0 Å². The Bertz CT molecular complexity index is 1070. The zero-order valence-electron chi connectivity index (χ0n) is 18.8. The predicted molar refractivity (Wildman–Crippen MR) is 130 cm³/mol. The summed E-state index contributed by atoms with van der Waals surface area (Å²) in [6.07, 6.45) is 0. The van der Waals surface area contributed by atoms with Crippen LogP contribution in [0.3, 0.4) is 0 Å². The maximum Gasteiger partial charge on any atom is 0.266 e. The Morgan fingerprint density at radius 1 is 1.12 bits per heavy atom. The third kappa shape index (κ3) is 4.54. The van der Waals surface area contributed by atoms with Gasteiger partial charge in [-0.15, -0.1) is 22.7 Å². The van der Waals surface area contributed by atoms with Gasteiger partial charge in [0.05, 0.1) is 38.4 Å². The molecule has 170 valence electrons. The molecule has 1 fully saturated rings. The van der Waals surface area contributed by atoms with E-state index < -0.39 is 0 Å². The molecule has 1 N–H and O–H groups in total. The van der Waals surface area contributed by atoms with Crippen molar-refractivity contribution in [2.24, 2.45) is 0 Å². The number of rotatable bonds is 7. The lowest BCUT2D eigenvalue weighted by Gasteiger charge is -2.36. The van der Waals surface area contributed by atoms with Crippen LogP contribution in [-0.2, 0) is 4.74 Å². The van der Waals surface area contributed by atoms with Crippen LogP contribution in [0, 0.1) is 13.8 Å². The first kappa shape index (κ1) is 22.8. The number of morpholine rings is 1. The van der Waals surface area contributed by atoms with E-state index in [9.17, 15) is 4.79 Å². The topological polar surface area (TPSA) is 60.0 Å². The number of carbonyl (C=O) groups is 1. The highest BCUT2D eigenvalue weighted by molar-refractivity contribution is 7.17. The molecule has 1 amide bonds. The second-order valence-corrected chi connectivity index (χ2v) is 9.80. The Labute approximate surface area is 196 Å². The smallest absolute Gasteiger partial charge is 0.266 e. The van der Waals surface area contributed by atoms with Gasteiger partial charge in [0.15, 0.2) is 11.5 Å². The van der Waals surface area contributed by atoms with Crippen LogP contribution in [0.15, 0.2) is 35.7 Å². The molecule has 1 aliphatic rings. The number of ether oxygens (including phenoxy) is 3. The monoisotopic (exact) mass is 472 g/mol. The van der Waals surface area contributed by atoms with Gasteiger partial charge in [-0.25, -0.2) is 0 Å². The van der Waals surface area contributed by atoms with E-state index in [0.29, 0.717) is 29.6 Å². The summed E-state index contributed by atoms with van der Waals surface area (Å²) < 4.78 is 16.7. The molecular formula is C24H28N2O4S2. The fourth-order valence-electron chi connectivity index (χ4n) is 4.06. The molecule has 0 aliphatic carbocycles. The number of methoxy groups -OCH3 is 2. The predicted octanol–water partition coefficient (Wildman–Crippen LogP) is 5.12. The fourth-order valence-corrected chi connectivity index (χ4v) is 5.76.